The molecule has 0 saturated heterocycles. The van der Waals surface area contributed by atoms with Gasteiger partial charge in [-0.1, -0.05) is 12.1 Å². The number of methoxy groups -OCH3 is 1. The number of para-hydroxylation sites is 1. The van der Waals surface area contributed by atoms with Crippen molar-refractivity contribution < 1.29 is 27.5 Å². The van der Waals surface area contributed by atoms with Crippen LogP contribution < -0.4 is 15.0 Å². The maximum Gasteiger partial charge on any atom is 0.255 e. The van der Waals surface area contributed by atoms with Crippen LogP contribution >= 0.6 is 0 Å². The maximum absolute atomic E-state index is 13.9. The summed E-state index contributed by atoms with van der Waals surface area (Å²) in [5, 5.41) is 2.57. The van der Waals surface area contributed by atoms with E-state index in [1.165, 1.54) is 7.11 Å². The van der Waals surface area contributed by atoms with Crippen LogP contribution in [0.3, 0.4) is 0 Å². The van der Waals surface area contributed by atoms with Crippen LogP contribution in [0.15, 0.2) is 36.4 Å². The normalized spacial score (nSPS) is 10.3. The van der Waals surface area contributed by atoms with Gasteiger partial charge >= 0.3 is 0 Å². The lowest BCUT2D eigenvalue weighted by molar-refractivity contribution is -0.116. The molecule has 0 aliphatic carbocycles. The summed E-state index contributed by atoms with van der Waals surface area (Å²) in [5.74, 6) is -5.12. The van der Waals surface area contributed by atoms with Gasteiger partial charge in [0.05, 0.1) is 18.4 Å². The summed E-state index contributed by atoms with van der Waals surface area (Å²) >= 11 is 0. The van der Waals surface area contributed by atoms with Crippen molar-refractivity contribution in [2.45, 2.75) is 6.92 Å². The Morgan fingerprint density at radius 3 is 2.42 bits per heavy atom. The monoisotopic (exact) mass is 366 g/mol. The molecule has 0 aliphatic rings. The van der Waals surface area contributed by atoms with E-state index < -0.39 is 35.0 Å². The van der Waals surface area contributed by atoms with Crippen molar-refractivity contribution in [1.82, 2.24) is 5.32 Å². The van der Waals surface area contributed by atoms with Gasteiger partial charge in [0, 0.05) is 20.0 Å². The summed E-state index contributed by atoms with van der Waals surface area (Å²) in [6.07, 6.45) is 0. The molecule has 0 unspecified atom stereocenters. The second-order valence-electron chi connectivity index (χ2n) is 5.32. The predicted molar refractivity (Wildman–Crippen MR) is 89.7 cm³/mol. The van der Waals surface area contributed by atoms with Crippen LogP contribution in [0.25, 0.3) is 0 Å². The summed E-state index contributed by atoms with van der Waals surface area (Å²) in [6, 6.07) is 8.25. The number of ether oxygens (including phenoxy) is 1. The van der Waals surface area contributed by atoms with Crippen molar-refractivity contribution in [2.75, 3.05) is 25.1 Å². The van der Waals surface area contributed by atoms with Crippen molar-refractivity contribution >= 4 is 17.5 Å². The number of carbonyl (C=O) groups is 2. The highest BCUT2D eigenvalue weighted by atomic mass is 19.2. The standard InChI is InChI=1S/C18H17F3N2O3/c1-11(24)23(14-8-7-13(19)16(20)17(14)21)10-9-22-18(25)12-5-3-4-6-15(12)26-2/h3-8H,9-10H2,1-2H3,(H,22,25). The Labute approximate surface area is 148 Å². The summed E-state index contributed by atoms with van der Waals surface area (Å²) < 4.78 is 45.5. The summed E-state index contributed by atoms with van der Waals surface area (Å²) in [4.78, 5) is 24.9. The van der Waals surface area contributed by atoms with E-state index in [1.807, 2.05) is 0 Å². The van der Waals surface area contributed by atoms with Gasteiger partial charge in [-0.2, -0.15) is 0 Å². The van der Waals surface area contributed by atoms with E-state index in [1.54, 1.807) is 24.3 Å². The molecule has 0 heterocycles. The zero-order chi connectivity index (χ0) is 19.3. The largest absolute Gasteiger partial charge is 0.496 e. The minimum Gasteiger partial charge on any atom is -0.496 e. The van der Waals surface area contributed by atoms with Gasteiger partial charge in [-0.25, -0.2) is 13.2 Å². The van der Waals surface area contributed by atoms with E-state index in [9.17, 15) is 22.8 Å². The number of hydrogen-bond acceptors (Lipinski definition) is 3. The number of halogens is 3. The number of amides is 2. The molecule has 0 fully saturated rings. The van der Waals surface area contributed by atoms with Crippen molar-refractivity contribution in [3.63, 3.8) is 0 Å². The third-order valence-electron chi connectivity index (χ3n) is 3.66. The Balaban J connectivity index is 2.09. The van der Waals surface area contributed by atoms with Crippen LogP contribution in [0.1, 0.15) is 17.3 Å². The zero-order valence-corrected chi connectivity index (χ0v) is 14.2. The molecule has 0 radical (unpaired) electrons. The van der Waals surface area contributed by atoms with Crippen LogP contribution in [0.4, 0.5) is 18.9 Å². The third kappa shape index (κ3) is 4.14. The van der Waals surface area contributed by atoms with Crippen LogP contribution in [0, 0.1) is 17.5 Å². The van der Waals surface area contributed by atoms with Gasteiger partial charge in [0.1, 0.15) is 5.75 Å². The number of nitrogens with one attached hydrogen (secondary N) is 1. The van der Waals surface area contributed by atoms with E-state index >= 15 is 0 Å². The number of hydrogen-bond donors (Lipinski definition) is 1. The van der Waals surface area contributed by atoms with Crippen LogP contribution in [0.2, 0.25) is 0 Å². The number of carbonyl (C=O) groups excluding carboxylic acids is 2. The summed E-state index contributed by atoms with van der Waals surface area (Å²) in [5.41, 5.74) is -0.105. The molecule has 2 aromatic carbocycles. The van der Waals surface area contributed by atoms with Gasteiger partial charge in [0.25, 0.3) is 5.91 Å². The lowest BCUT2D eigenvalue weighted by Gasteiger charge is -2.22. The van der Waals surface area contributed by atoms with Gasteiger partial charge in [0.2, 0.25) is 5.91 Å². The topological polar surface area (TPSA) is 58.6 Å². The fourth-order valence-corrected chi connectivity index (χ4v) is 2.38. The Morgan fingerprint density at radius 2 is 1.77 bits per heavy atom. The minimum absolute atomic E-state index is 0.0328. The molecule has 2 aromatic rings. The molecule has 2 amide bonds. The molecule has 138 valence electrons. The molecule has 1 N–H and O–H groups in total. The quantitative estimate of drug-likeness (QED) is 0.800. The third-order valence-corrected chi connectivity index (χ3v) is 3.66. The number of benzene rings is 2. The molecule has 0 aliphatic heterocycles. The highest BCUT2D eigenvalue weighted by Crippen LogP contribution is 2.23. The van der Waals surface area contributed by atoms with E-state index in [-0.39, 0.29) is 13.1 Å². The molecular formula is C18H17F3N2O3. The highest BCUT2D eigenvalue weighted by Gasteiger charge is 2.21. The van der Waals surface area contributed by atoms with Gasteiger partial charge in [-0.3, -0.25) is 9.59 Å². The number of rotatable bonds is 6. The second-order valence-corrected chi connectivity index (χ2v) is 5.32. The molecular weight excluding hydrogens is 349 g/mol. The maximum atomic E-state index is 13.9. The fourth-order valence-electron chi connectivity index (χ4n) is 2.38. The van der Waals surface area contributed by atoms with Gasteiger partial charge in [0.15, 0.2) is 17.5 Å². The number of nitrogens with zero attached hydrogens (tertiary/aromatic N) is 1. The first-order valence-electron chi connectivity index (χ1n) is 7.69. The van der Waals surface area contributed by atoms with E-state index in [0.717, 1.165) is 24.0 Å². The minimum atomic E-state index is -1.66. The summed E-state index contributed by atoms with van der Waals surface area (Å²) in [7, 11) is 1.43. The average molecular weight is 366 g/mol. The fraction of sp³-hybridized carbons (Fsp3) is 0.222. The Bertz CT molecular complexity index is 827. The van der Waals surface area contributed by atoms with Crippen LogP contribution in [-0.4, -0.2) is 32.0 Å². The lowest BCUT2D eigenvalue weighted by atomic mass is 10.2. The molecule has 2 rings (SSSR count). The highest BCUT2D eigenvalue weighted by molar-refractivity contribution is 5.97. The average Bonchev–Trinajstić information content (AvgIpc) is 2.63. The smallest absolute Gasteiger partial charge is 0.255 e. The molecule has 0 bridgehead atoms. The Kier molecular flexibility index (Phi) is 6.21. The first-order chi connectivity index (χ1) is 12.4. The Morgan fingerprint density at radius 1 is 1.08 bits per heavy atom. The molecule has 26 heavy (non-hydrogen) atoms. The molecule has 0 aromatic heterocycles. The van der Waals surface area contributed by atoms with Crippen LogP contribution in [-0.2, 0) is 4.79 Å². The van der Waals surface area contributed by atoms with Gasteiger partial charge < -0.3 is 15.0 Å². The van der Waals surface area contributed by atoms with Crippen molar-refractivity contribution in [3.8, 4) is 5.75 Å². The van der Waals surface area contributed by atoms with E-state index in [2.05, 4.69) is 5.32 Å². The molecule has 0 spiro atoms. The molecule has 5 nitrogen and oxygen atoms in total. The first kappa shape index (κ1) is 19.3. The Hall–Kier alpha value is -3.03. The molecule has 0 saturated carbocycles. The van der Waals surface area contributed by atoms with Gasteiger partial charge in [-0.15, -0.1) is 0 Å². The predicted octanol–water partition coefficient (Wildman–Crippen LogP) is 2.90. The molecule has 8 heteroatoms. The van der Waals surface area contributed by atoms with Crippen LogP contribution in [0.5, 0.6) is 5.75 Å². The van der Waals surface area contributed by atoms with Crippen molar-refractivity contribution in [1.29, 1.82) is 0 Å². The summed E-state index contributed by atoms with van der Waals surface area (Å²) in [6.45, 7) is 0.996. The SMILES string of the molecule is COc1ccccc1C(=O)NCCN(C(C)=O)c1ccc(F)c(F)c1F. The zero-order valence-electron chi connectivity index (χ0n) is 14.2. The van der Waals surface area contributed by atoms with Gasteiger partial charge in [-0.05, 0) is 24.3 Å². The molecule has 0 atom stereocenters. The van der Waals surface area contributed by atoms with Crippen molar-refractivity contribution in [2.24, 2.45) is 0 Å². The van der Waals surface area contributed by atoms with E-state index in [0.29, 0.717) is 11.3 Å². The van der Waals surface area contributed by atoms with Crippen molar-refractivity contribution in [3.05, 3.63) is 59.4 Å². The van der Waals surface area contributed by atoms with E-state index in [4.69, 9.17) is 4.74 Å². The first-order valence-corrected chi connectivity index (χ1v) is 7.69. The lowest BCUT2D eigenvalue weighted by Crippen LogP contribution is -2.38. The number of anilines is 1. The second kappa shape index (κ2) is 8.37.